The molecule has 6 nitrogen and oxygen atoms in total. The Morgan fingerprint density at radius 3 is 1.67 bits per heavy atom. The second-order valence-electron chi connectivity index (χ2n) is 17.7. The highest BCUT2D eigenvalue weighted by Crippen LogP contribution is 2.48. The van der Waals surface area contributed by atoms with E-state index in [1.807, 2.05) is 9.80 Å². The summed E-state index contributed by atoms with van der Waals surface area (Å²) in [4.78, 5) is 25.0. The number of aryl methyl sites for hydroxylation is 4. The zero-order valence-corrected chi connectivity index (χ0v) is 33.8. The smallest absolute Gasteiger partial charge is 0.307 e. The highest BCUT2D eigenvalue weighted by Gasteiger charge is 2.62. The van der Waals surface area contributed by atoms with Crippen LogP contribution in [-0.2, 0) is 0 Å². The molecule has 14 rings (SSSR count). The minimum Gasteiger partial charge on any atom is -0.307 e. The lowest BCUT2D eigenvalue weighted by Gasteiger charge is -2.54. The van der Waals surface area contributed by atoms with E-state index in [-0.39, 0.29) is 32.2 Å². The van der Waals surface area contributed by atoms with Gasteiger partial charge in [-0.1, -0.05) is 132 Å². The van der Waals surface area contributed by atoms with Gasteiger partial charge in [0, 0.05) is 22.5 Å². The molecule has 7 aliphatic heterocycles. The standard InChI is InChI=1S/C51H37B3N5O/c1-29-21-23-31(3)41(25-29)56-43-27-52-37-17-9-11-19-39(37)55-40-20-12-10-18-38(40)54-36-16-8-6-14-34(36)46-33-13-5-7-15-35(33)53-28-44(57(51(56)60)42-26-30(2)22-24-32(42)4)58(43)47-45(52)48(55)50(54)59(46)49(47)53/h5-28,46H,1-4H3/q+1. The van der Waals surface area contributed by atoms with E-state index in [0.29, 0.717) is 0 Å². The van der Waals surface area contributed by atoms with Crippen LogP contribution < -0.4 is 62.7 Å². The van der Waals surface area contributed by atoms with Crippen molar-refractivity contribution in [2.24, 2.45) is 0 Å². The van der Waals surface area contributed by atoms with Crippen molar-refractivity contribution in [2.45, 2.75) is 33.7 Å². The van der Waals surface area contributed by atoms with Crippen molar-refractivity contribution in [2.75, 3.05) is 19.6 Å². The lowest BCUT2D eigenvalue weighted by molar-refractivity contribution is -0.671. The maximum atomic E-state index is 15.9. The molecule has 2 amide bonds. The number of rotatable bonds is 2. The number of aromatic nitrogens is 1. The summed E-state index contributed by atoms with van der Waals surface area (Å²) >= 11 is 0. The van der Waals surface area contributed by atoms with Crippen molar-refractivity contribution in [1.82, 2.24) is 0 Å². The number of hydrogen-bond acceptors (Lipinski definition) is 3. The van der Waals surface area contributed by atoms with Crippen molar-refractivity contribution in [3.63, 3.8) is 0 Å². The van der Waals surface area contributed by atoms with Gasteiger partial charge in [0.05, 0.1) is 11.4 Å². The van der Waals surface area contributed by atoms with Crippen LogP contribution in [0.5, 0.6) is 0 Å². The number of hydrogen-bond donors (Lipinski definition) is 0. The Labute approximate surface area is 350 Å². The minimum atomic E-state index is -0.0957. The minimum absolute atomic E-state index is 0.0137. The molecule has 1 saturated heterocycles. The van der Waals surface area contributed by atoms with Crippen LogP contribution in [-0.4, -0.2) is 26.2 Å². The van der Waals surface area contributed by atoms with Gasteiger partial charge in [0.25, 0.3) is 0 Å². The second-order valence-corrected chi connectivity index (χ2v) is 17.7. The van der Waals surface area contributed by atoms with E-state index >= 15 is 4.79 Å². The molecule has 1 unspecified atom stereocenters. The van der Waals surface area contributed by atoms with Gasteiger partial charge in [0.1, 0.15) is 23.0 Å². The normalized spacial score (nSPS) is 17.5. The summed E-state index contributed by atoms with van der Waals surface area (Å²) in [6, 6.07) is 49.3. The van der Waals surface area contributed by atoms with Crippen molar-refractivity contribution >= 4 is 98.8 Å². The van der Waals surface area contributed by atoms with Crippen molar-refractivity contribution in [3.05, 3.63) is 190 Å². The SMILES string of the molecule is Cc1ccc(C)c(N2C(=O)N(c3cc(C)ccc3C)C3=CB4c5ccccc5C5c6ccccc6B6c7ccccc7N7c8ccccc8B8C=C2N3c2c8c7c6[n+]5c24)c1. The fourth-order valence-electron chi connectivity index (χ4n) is 12.1. The Balaban J connectivity index is 1.19. The molecule has 1 atom stereocenters. The summed E-state index contributed by atoms with van der Waals surface area (Å²) in [5.41, 5.74) is 23.0. The van der Waals surface area contributed by atoms with E-state index in [1.165, 1.54) is 72.4 Å². The quantitative estimate of drug-likeness (QED) is 0.183. The fourth-order valence-corrected chi connectivity index (χ4v) is 12.1. The first-order valence-electron chi connectivity index (χ1n) is 21.2. The highest BCUT2D eigenvalue weighted by atomic mass is 16.2. The van der Waals surface area contributed by atoms with Crippen LogP contribution in [0.15, 0.2) is 157 Å². The molecule has 60 heavy (non-hydrogen) atoms. The van der Waals surface area contributed by atoms with Gasteiger partial charge < -0.3 is 4.90 Å². The predicted molar refractivity (Wildman–Crippen MR) is 247 cm³/mol. The molecule has 0 bridgehead atoms. The van der Waals surface area contributed by atoms with Gasteiger partial charge in [-0.3, -0.25) is 4.90 Å². The van der Waals surface area contributed by atoms with E-state index in [1.54, 1.807) is 0 Å². The summed E-state index contributed by atoms with van der Waals surface area (Å²) in [7, 11) is 0. The van der Waals surface area contributed by atoms with E-state index in [2.05, 4.69) is 187 Å². The van der Waals surface area contributed by atoms with Crippen molar-refractivity contribution in [3.8, 4) is 0 Å². The number of nitrogens with zero attached hydrogens (tertiary/aromatic N) is 5. The van der Waals surface area contributed by atoms with Crippen LogP contribution in [0.2, 0.25) is 0 Å². The topological polar surface area (TPSA) is 33.9 Å². The van der Waals surface area contributed by atoms with Crippen LogP contribution in [0.1, 0.15) is 39.4 Å². The lowest BCUT2D eigenvalue weighted by atomic mass is 9.28. The third-order valence-electron chi connectivity index (χ3n) is 14.5. The molecule has 6 aromatic carbocycles. The number of para-hydroxylation sites is 2. The first-order valence-corrected chi connectivity index (χ1v) is 21.2. The van der Waals surface area contributed by atoms with E-state index in [9.17, 15) is 0 Å². The average Bonchev–Trinajstić information content (AvgIpc) is 3.27. The number of carbonyl (C=O) groups excluding carboxylic acids is 1. The highest BCUT2D eigenvalue weighted by molar-refractivity contribution is 7.01. The third-order valence-corrected chi connectivity index (χ3v) is 14.5. The van der Waals surface area contributed by atoms with Crippen LogP contribution >= 0.6 is 0 Å². The molecule has 0 saturated carbocycles. The third kappa shape index (κ3) is 3.81. The van der Waals surface area contributed by atoms with Crippen LogP contribution in [0.25, 0.3) is 0 Å². The molecule has 280 valence electrons. The zero-order chi connectivity index (χ0) is 39.9. The predicted octanol–water partition coefficient (Wildman–Crippen LogP) is 5.04. The fraction of sp³-hybridized carbons (Fsp3) is 0.0980. The number of anilines is 6. The van der Waals surface area contributed by atoms with Crippen LogP contribution in [0.4, 0.5) is 38.9 Å². The monoisotopic (exact) mass is 768 g/mol. The Hall–Kier alpha value is -6.99. The molecule has 1 aromatic heterocycles. The summed E-state index contributed by atoms with van der Waals surface area (Å²) < 4.78 is 2.76. The van der Waals surface area contributed by atoms with Gasteiger partial charge in [-0.15, -0.1) is 0 Å². The number of fused-ring (bicyclic) bond motifs is 12. The largest absolute Gasteiger partial charge is 0.340 e. The molecule has 0 spiro atoms. The van der Waals surface area contributed by atoms with E-state index in [0.717, 1.165) is 45.3 Å². The number of pyridine rings is 1. The Morgan fingerprint density at radius 1 is 0.483 bits per heavy atom. The molecule has 0 N–H and O–H groups in total. The summed E-state index contributed by atoms with van der Waals surface area (Å²) in [6.45, 7) is 8.36. The molecule has 7 aliphatic rings. The Kier molecular flexibility index (Phi) is 6.14. The number of benzene rings is 6. The molecule has 9 heteroatoms. The van der Waals surface area contributed by atoms with Gasteiger partial charge in [-0.2, -0.15) is 0 Å². The van der Waals surface area contributed by atoms with Crippen molar-refractivity contribution < 1.29 is 9.36 Å². The van der Waals surface area contributed by atoms with Gasteiger partial charge >= 0.3 is 19.5 Å². The number of carbonyl (C=O) groups is 1. The molecule has 8 heterocycles. The molecular formula is C51H37B3N5O+. The van der Waals surface area contributed by atoms with Gasteiger partial charge in [-0.25, -0.2) is 19.2 Å². The van der Waals surface area contributed by atoms with Crippen LogP contribution in [0.3, 0.4) is 0 Å². The van der Waals surface area contributed by atoms with Gasteiger partial charge in [0.15, 0.2) is 11.2 Å². The first kappa shape index (κ1) is 32.9. The van der Waals surface area contributed by atoms with Crippen molar-refractivity contribution in [1.29, 1.82) is 0 Å². The molecular weight excluding hydrogens is 731 g/mol. The number of amides is 2. The molecule has 1 fully saturated rings. The Bertz CT molecular complexity index is 3060. The summed E-state index contributed by atoms with van der Waals surface area (Å²) in [5, 5.41) is 0. The Morgan fingerprint density at radius 2 is 1.00 bits per heavy atom. The van der Waals surface area contributed by atoms with Gasteiger partial charge in [0.2, 0.25) is 12.8 Å². The maximum Gasteiger partial charge on any atom is 0.340 e. The number of urea groups is 1. The van der Waals surface area contributed by atoms with Gasteiger partial charge in [-0.05, 0) is 90.6 Å². The molecule has 0 radical (unpaired) electrons. The zero-order valence-electron chi connectivity index (χ0n) is 33.8. The summed E-state index contributed by atoms with van der Waals surface area (Å²) in [6.07, 6.45) is 0. The lowest BCUT2D eigenvalue weighted by Crippen LogP contribution is -2.86. The average molecular weight is 768 g/mol. The molecule has 7 aromatic rings. The summed E-state index contributed by atoms with van der Waals surface area (Å²) in [5.74, 6) is 6.61. The second kappa shape index (κ2) is 11.2. The van der Waals surface area contributed by atoms with E-state index < -0.39 is 0 Å². The van der Waals surface area contributed by atoms with E-state index in [4.69, 9.17) is 0 Å². The molecule has 0 aliphatic carbocycles. The maximum absolute atomic E-state index is 15.9. The first-order chi connectivity index (χ1) is 29.4. The van der Waals surface area contributed by atoms with Crippen LogP contribution in [0, 0.1) is 27.7 Å².